The number of benzene rings is 2. The minimum atomic E-state index is -0.363. The van der Waals surface area contributed by atoms with Gasteiger partial charge in [0.25, 0.3) is 5.91 Å². The molecular formula is C20H24ClN3O. The molecule has 2 aromatic rings. The first-order chi connectivity index (χ1) is 12.0. The zero-order chi connectivity index (χ0) is 18.2. The number of amides is 1. The van der Waals surface area contributed by atoms with E-state index in [1.807, 2.05) is 69.3 Å². The van der Waals surface area contributed by atoms with Crippen LogP contribution in [0, 0.1) is 6.92 Å². The topological polar surface area (TPSA) is 53.5 Å². The minimum Gasteiger partial charge on any atom is -0.373 e. The smallest absolute Gasteiger partial charge is 0.262 e. The van der Waals surface area contributed by atoms with Crippen molar-refractivity contribution in [2.24, 2.45) is 5.10 Å². The maximum absolute atomic E-state index is 12.5. The van der Waals surface area contributed by atoms with Gasteiger partial charge in [-0.25, -0.2) is 5.43 Å². The van der Waals surface area contributed by atoms with Crippen LogP contribution in [0.1, 0.15) is 37.8 Å². The summed E-state index contributed by atoms with van der Waals surface area (Å²) in [4.78, 5) is 12.5. The van der Waals surface area contributed by atoms with Crippen molar-refractivity contribution in [2.75, 3.05) is 5.32 Å². The Hall–Kier alpha value is -2.33. The highest BCUT2D eigenvalue weighted by Gasteiger charge is 2.17. The zero-order valence-corrected chi connectivity index (χ0v) is 15.6. The average Bonchev–Trinajstić information content (AvgIpc) is 2.62. The number of rotatable bonds is 7. The molecule has 0 radical (unpaired) electrons. The van der Waals surface area contributed by atoms with E-state index in [9.17, 15) is 4.79 Å². The van der Waals surface area contributed by atoms with Crippen LogP contribution in [0.25, 0.3) is 0 Å². The number of carbonyl (C=O) groups excluding carboxylic acids is 1. The maximum atomic E-state index is 12.5. The number of aryl methyl sites for hydroxylation is 1. The van der Waals surface area contributed by atoms with Gasteiger partial charge in [-0.2, -0.15) is 5.10 Å². The summed E-state index contributed by atoms with van der Waals surface area (Å²) in [6, 6.07) is 15.1. The number of carbonyl (C=O) groups is 1. The lowest BCUT2D eigenvalue weighted by atomic mass is 10.1. The normalized spacial score (nSPS) is 12.6. The highest BCUT2D eigenvalue weighted by molar-refractivity contribution is 6.30. The summed E-state index contributed by atoms with van der Waals surface area (Å²) in [7, 11) is 0. The van der Waals surface area contributed by atoms with Crippen molar-refractivity contribution in [2.45, 2.75) is 39.7 Å². The molecule has 0 aliphatic rings. The lowest BCUT2D eigenvalue weighted by Gasteiger charge is -2.18. The van der Waals surface area contributed by atoms with E-state index >= 15 is 0 Å². The van der Waals surface area contributed by atoms with E-state index in [4.69, 9.17) is 11.6 Å². The molecule has 1 amide bonds. The molecule has 0 heterocycles. The fraction of sp³-hybridized carbons (Fsp3) is 0.300. The SMILES string of the molecule is CC/C(=N\NC(=O)C(CC)Nc1ccc(Cl)cc1C)c1ccccc1. The second-order valence-electron chi connectivity index (χ2n) is 5.82. The van der Waals surface area contributed by atoms with Crippen LogP contribution in [0.5, 0.6) is 0 Å². The highest BCUT2D eigenvalue weighted by atomic mass is 35.5. The van der Waals surface area contributed by atoms with Gasteiger partial charge in [-0.3, -0.25) is 4.79 Å². The van der Waals surface area contributed by atoms with Gasteiger partial charge in [0.15, 0.2) is 0 Å². The largest absolute Gasteiger partial charge is 0.373 e. The van der Waals surface area contributed by atoms with Gasteiger partial charge >= 0.3 is 0 Å². The second-order valence-corrected chi connectivity index (χ2v) is 6.25. The Kier molecular flexibility index (Phi) is 7.02. The molecule has 0 aliphatic heterocycles. The number of hydrazone groups is 1. The Bertz CT molecular complexity index is 744. The van der Waals surface area contributed by atoms with Crippen LogP contribution in [-0.4, -0.2) is 17.7 Å². The monoisotopic (exact) mass is 357 g/mol. The molecule has 0 aliphatic carbocycles. The fourth-order valence-electron chi connectivity index (χ4n) is 2.51. The Morgan fingerprint density at radius 1 is 1.16 bits per heavy atom. The van der Waals surface area contributed by atoms with Crippen LogP contribution in [-0.2, 0) is 4.79 Å². The molecule has 4 nitrogen and oxygen atoms in total. The number of hydrogen-bond donors (Lipinski definition) is 2. The van der Waals surface area contributed by atoms with Crippen LogP contribution < -0.4 is 10.7 Å². The summed E-state index contributed by atoms with van der Waals surface area (Å²) in [6.45, 7) is 5.94. The van der Waals surface area contributed by atoms with Crippen molar-refractivity contribution >= 4 is 28.9 Å². The third-order valence-corrected chi connectivity index (χ3v) is 4.22. The number of anilines is 1. The number of nitrogens with one attached hydrogen (secondary N) is 2. The summed E-state index contributed by atoms with van der Waals surface area (Å²) >= 11 is 5.98. The Morgan fingerprint density at radius 2 is 1.88 bits per heavy atom. The van der Waals surface area contributed by atoms with Crippen molar-refractivity contribution in [3.8, 4) is 0 Å². The Balaban J connectivity index is 2.07. The molecule has 5 heteroatoms. The molecule has 25 heavy (non-hydrogen) atoms. The quantitative estimate of drug-likeness (QED) is 0.554. The highest BCUT2D eigenvalue weighted by Crippen LogP contribution is 2.20. The molecule has 2 rings (SSSR count). The van der Waals surface area contributed by atoms with E-state index < -0.39 is 0 Å². The number of nitrogens with zero attached hydrogens (tertiary/aromatic N) is 1. The Labute approximate surface area is 154 Å². The van der Waals surface area contributed by atoms with Crippen LogP contribution in [0.2, 0.25) is 5.02 Å². The van der Waals surface area contributed by atoms with E-state index in [0.717, 1.165) is 28.9 Å². The predicted octanol–water partition coefficient (Wildman–Crippen LogP) is 4.77. The van der Waals surface area contributed by atoms with Gasteiger partial charge in [-0.15, -0.1) is 0 Å². The molecule has 0 aromatic heterocycles. The van der Waals surface area contributed by atoms with Gasteiger partial charge in [-0.05, 0) is 49.1 Å². The van der Waals surface area contributed by atoms with E-state index in [0.29, 0.717) is 11.4 Å². The molecule has 0 saturated heterocycles. The summed E-state index contributed by atoms with van der Waals surface area (Å²) in [5.74, 6) is -0.154. The molecule has 2 N–H and O–H groups in total. The summed E-state index contributed by atoms with van der Waals surface area (Å²) < 4.78 is 0. The first kappa shape index (κ1) is 19.0. The molecule has 2 aromatic carbocycles. The van der Waals surface area contributed by atoms with Crippen molar-refractivity contribution in [1.29, 1.82) is 0 Å². The van der Waals surface area contributed by atoms with Crippen molar-refractivity contribution in [1.82, 2.24) is 5.43 Å². The first-order valence-corrected chi connectivity index (χ1v) is 8.87. The molecular weight excluding hydrogens is 334 g/mol. The lowest BCUT2D eigenvalue weighted by molar-refractivity contribution is -0.121. The van der Waals surface area contributed by atoms with E-state index in [2.05, 4.69) is 15.8 Å². The van der Waals surface area contributed by atoms with Crippen molar-refractivity contribution < 1.29 is 4.79 Å². The fourth-order valence-corrected chi connectivity index (χ4v) is 2.74. The third kappa shape index (κ3) is 5.33. The Morgan fingerprint density at radius 3 is 2.48 bits per heavy atom. The summed E-state index contributed by atoms with van der Waals surface area (Å²) in [5, 5.41) is 8.26. The van der Waals surface area contributed by atoms with Crippen molar-refractivity contribution in [3.05, 3.63) is 64.7 Å². The van der Waals surface area contributed by atoms with E-state index in [-0.39, 0.29) is 11.9 Å². The van der Waals surface area contributed by atoms with E-state index in [1.165, 1.54) is 0 Å². The zero-order valence-electron chi connectivity index (χ0n) is 14.8. The average molecular weight is 358 g/mol. The van der Waals surface area contributed by atoms with Gasteiger partial charge in [-0.1, -0.05) is 55.8 Å². The summed E-state index contributed by atoms with van der Waals surface area (Å²) in [5.41, 5.74) is 6.46. The molecule has 0 saturated carbocycles. The molecule has 0 spiro atoms. The molecule has 0 bridgehead atoms. The van der Waals surface area contributed by atoms with Gasteiger partial charge in [0.05, 0.1) is 5.71 Å². The second kappa shape index (κ2) is 9.23. The number of halogens is 1. The molecule has 1 atom stereocenters. The molecule has 0 fully saturated rings. The van der Waals surface area contributed by atoms with E-state index in [1.54, 1.807) is 0 Å². The predicted molar refractivity (Wildman–Crippen MR) is 105 cm³/mol. The van der Waals surface area contributed by atoms with Crippen LogP contribution in [0.3, 0.4) is 0 Å². The van der Waals surface area contributed by atoms with Crippen molar-refractivity contribution in [3.63, 3.8) is 0 Å². The van der Waals surface area contributed by atoms with Gasteiger partial charge < -0.3 is 5.32 Å². The van der Waals surface area contributed by atoms with Gasteiger partial charge in [0.1, 0.15) is 6.04 Å². The number of hydrogen-bond acceptors (Lipinski definition) is 3. The van der Waals surface area contributed by atoms with Crippen LogP contribution >= 0.6 is 11.6 Å². The summed E-state index contributed by atoms with van der Waals surface area (Å²) in [6.07, 6.45) is 1.39. The minimum absolute atomic E-state index is 0.154. The maximum Gasteiger partial charge on any atom is 0.262 e. The third-order valence-electron chi connectivity index (χ3n) is 3.99. The molecule has 1 unspecified atom stereocenters. The van der Waals surface area contributed by atoms with Gasteiger partial charge in [0, 0.05) is 10.7 Å². The van der Waals surface area contributed by atoms with Crippen LogP contribution in [0.15, 0.2) is 53.6 Å². The molecule has 132 valence electrons. The first-order valence-electron chi connectivity index (χ1n) is 8.49. The van der Waals surface area contributed by atoms with Crippen LogP contribution in [0.4, 0.5) is 5.69 Å². The van der Waals surface area contributed by atoms with Gasteiger partial charge in [0.2, 0.25) is 0 Å². The lowest BCUT2D eigenvalue weighted by Crippen LogP contribution is -2.37. The standard InChI is InChI=1S/C20H24ClN3O/c1-4-17(15-9-7-6-8-10-15)23-24-20(25)18(5-2)22-19-12-11-16(21)13-14(19)3/h6-13,18,22H,4-5H2,1-3H3,(H,24,25)/b23-17+.